The molecule has 6 heteroatoms. The summed E-state index contributed by atoms with van der Waals surface area (Å²) in [5, 5.41) is 3.88. The van der Waals surface area contributed by atoms with Crippen LogP contribution in [0.25, 0.3) is 0 Å². The first kappa shape index (κ1) is 13.7. The number of carbonyl (C=O) groups is 1. The van der Waals surface area contributed by atoms with Gasteiger partial charge in [-0.3, -0.25) is 4.79 Å². The van der Waals surface area contributed by atoms with E-state index in [4.69, 9.17) is 4.52 Å². The molecule has 1 amide bonds. The van der Waals surface area contributed by atoms with Gasteiger partial charge >= 0.3 is 0 Å². The molecule has 1 aliphatic heterocycles. The highest BCUT2D eigenvalue weighted by molar-refractivity contribution is 6.00. The molecule has 0 saturated carbocycles. The van der Waals surface area contributed by atoms with Crippen molar-refractivity contribution in [3.63, 3.8) is 0 Å². The van der Waals surface area contributed by atoms with Crippen molar-refractivity contribution >= 4 is 11.7 Å². The molecule has 6 nitrogen and oxygen atoms in total. The van der Waals surface area contributed by atoms with Crippen molar-refractivity contribution < 1.29 is 9.32 Å². The summed E-state index contributed by atoms with van der Waals surface area (Å²) in [5.74, 6) is 1.94. The lowest BCUT2D eigenvalue weighted by Crippen LogP contribution is -2.45. The van der Waals surface area contributed by atoms with Crippen LogP contribution < -0.4 is 4.90 Å². The van der Waals surface area contributed by atoms with Crippen molar-refractivity contribution in [3.05, 3.63) is 35.3 Å². The topological polar surface area (TPSA) is 65.4 Å². The minimum atomic E-state index is 0.111. The molecule has 0 radical (unpaired) electrons. The second-order valence-electron chi connectivity index (χ2n) is 5.54. The number of H-pyrrole nitrogens is 1. The lowest BCUT2D eigenvalue weighted by atomic mass is 10.1. The van der Waals surface area contributed by atoms with Gasteiger partial charge in [-0.2, -0.15) is 0 Å². The minimum absolute atomic E-state index is 0.111. The zero-order chi connectivity index (χ0) is 14.8. The van der Waals surface area contributed by atoms with E-state index in [1.807, 2.05) is 37.2 Å². The van der Waals surface area contributed by atoms with E-state index in [1.165, 1.54) is 0 Å². The van der Waals surface area contributed by atoms with Gasteiger partial charge in [0.25, 0.3) is 5.91 Å². The number of hydrogen-bond donors (Lipinski definition) is 1. The Balaban J connectivity index is 1.51. The Morgan fingerprint density at radius 1 is 1.43 bits per heavy atom. The summed E-state index contributed by atoms with van der Waals surface area (Å²) in [6, 6.07) is 3.81. The Morgan fingerprint density at radius 3 is 3.05 bits per heavy atom. The largest absolute Gasteiger partial charge is 0.361 e. The third-order valence-corrected chi connectivity index (χ3v) is 3.79. The number of aromatic amines is 1. The molecule has 0 fully saturated rings. The first-order chi connectivity index (χ1) is 10.1. The van der Waals surface area contributed by atoms with E-state index in [2.05, 4.69) is 15.0 Å². The molecule has 0 bridgehead atoms. The number of fused-ring (bicyclic) bond motifs is 1. The Bertz CT molecular complexity index is 631. The van der Waals surface area contributed by atoms with Crippen molar-refractivity contribution in [1.29, 1.82) is 0 Å². The van der Waals surface area contributed by atoms with Gasteiger partial charge in [0, 0.05) is 32.3 Å². The molecule has 1 aliphatic rings. The van der Waals surface area contributed by atoms with Crippen LogP contribution in [0.2, 0.25) is 0 Å². The Hall–Kier alpha value is -2.24. The molecular weight excluding hydrogens is 268 g/mol. The van der Waals surface area contributed by atoms with Crippen LogP contribution in [0.15, 0.2) is 22.9 Å². The van der Waals surface area contributed by atoms with Crippen LogP contribution >= 0.6 is 0 Å². The summed E-state index contributed by atoms with van der Waals surface area (Å²) in [7, 11) is 1.99. The molecule has 2 aromatic rings. The van der Waals surface area contributed by atoms with Gasteiger partial charge in [0.1, 0.15) is 11.6 Å². The van der Waals surface area contributed by atoms with Gasteiger partial charge in [0.05, 0.1) is 17.9 Å². The molecule has 0 unspecified atom stereocenters. The molecule has 112 valence electrons. The molecule has 2 aromatic heterocycles. The van der Waals surface area contributed by atoms with Crippen LogP contribution in [0, 0.1) is 6.92 Å². The molecule has 0 saturated heterocycles. The average Bonchev–Trinajstić information content (AvgIpc) is 3.09. The summed E-state index contributed by atoms with van der Waals surface area (Å²) >= 11 is 0. The monoisotopic (exact) mass is 288 g/mol. The van der Waals surface area contributed by atoms with E-state index in [9.17, 15) is 4.79 Å². The summed E-state index contributed by atoms with van der Waals surface area (Å²) in [6.45, 7) is 3.32. The van der Waals surface area contributed by atoms with Gasteiger partial charge in [0.15, 0.2) is 0 Å². The van der Waals surface area contributed by atoms with Crippen LogP contribution in [0.5, 0.6) is 0 Å². The average molecular weight is 288 g/mol. The highest BCUT2D eigenvalue weighted by Crippen LogP contribution is 2.24. The van der Waals surface area contributed by atoms with E-state index < -0.39 is 0 Å². The number of aryl methyl sites for hydroxylation is 2. The van der Waals surface area contributed by atoms with E-state index >= 15 is 0 Å². The maximum atomic E-state index is 12.3. The number of nitrogens with zero attached hydrogens (tertiary/aromatic N) is 3. The van der Waals surface area contributed by atoms with Crippen molar-refractivity contribution in [2.45, 2.75) is 26.2 Å². The van der Waals surface area contributed by atoms with Gasteiger partial charge in [-0.1, -0.05) is 5.16 Å². The number of hydrogen-bond acceptors (Lipinski definition) is 4. The third kappa shape index (κ3) is 2.79. The van der Waals surface area contributed by atoms with Crippen molar-refractivity contribution in [2.24, 2.45) is 0 Å². The Labute approximate surface area is 123 Å². The first-order valence-corrected chi connectivity index (χ1v) is 7.25. The predicted octanol–water partition coefficient (Wildman–Crippen LogP) is 2.18. The normalized spacial score (nSPS) is 14.7. The summed E-state index contributed by atoms with van der Waals surface area (Å²) in [5.41, 5.74) is 1.67. The van der Waals surface area contributed by atoms with E-state index in [0.717, 1.165) is 48.6 Å². The molecule has 1 N–H and O–H groups in total. The van der Waals surface area contributed by atoms with Crippen molar-refractivity contribution in [2.75, 3.05) is 25.2 Å². The Morgan fingerprint density at radius 2 is 2.29 bits per heavy atom. The quantitative estimate of drug-likeness (QED) is 0.856. The number of unbranched alkanes of at least 4 members (excludes halogenated alkanes) is 1. The Kier molecular flexibility index (Phi) is 3.68. The second kappa shape index (κ2) is 5.63. The van der Waals surface area contributed by atoms with Gasteiger partial charge < -0.3 is 19.3 Å². The van der Waals surface area contributed by atoms with Gasteiger partial charge in [-0.15, -0.1) is 0 Å². The minimum Gasteiger partial charge on any atom is -0.361 e. The third-order valence-electron chi connectivity index (χ3n) is 3.79. The highest BCUT2D eigenvalue weighted by Gasteiger charge is 2.27. The van der Waals surface area contributed by atoms with E-state index in [0.29, 0.717) is 6.67 Å². The van der Waals surface area contributed by atoms with Crippen LogP contribution in [0.1, 0.15) is 34.7 Å². The van der Waals surface area contributed by atoms with Gasteiger partial charge in [-0.05, 0) is 25.8 Å². The number of rotatable bonds is 5. The van der Waals surface area contributed by atoms with Crippen LogP contribution in [0.3, 0.4) is 0 Å². The predicted molar refractivity (Wildman–Crippen MR) is 79.3 cm³/mol. The molecular formula is C15H20N4O2. The molecule has 0 aromatic carbocycles. The van der Waals surface area contributed by atoms with Crippen LogP contribution in [0.4, 0.5) is 5.82 Å². The lowest BCUT2D eigenvalue weighted by Gasteiger charge is -2.33. The number of nitrogens with one attached hydrogen (secondary N) is 1. The highest BCUT2D eigenvalue weighted by atomic mass is 16.5. The maximum absolute atomic E-state index is 12.3. The fraction of sp³-hybridized carbons (Fsp3) is 0.467. The van der Waals surface area contributed by atoms with Crippen LogP contribution in [-0.2, 0) is 6.42 Å². The molecule has 3 heterocycles. The SMILES string of the molecule is Cc1cc(CCCCN2CN(C)c3[nH]ccc3C2=O)on1. The van der Waals surface area contributed by atoms with Crippen molar-refractivity contribution in [1.82, 2.24) is 15.0 Å². The van der Waals surface area contributed by atoms with Crippen LogP contribution in [-0.4, -0.2) is 41.2 Å². The number of carbonyl (C=O) groups excluding carboxylic acids is 1. The smallest absolute Gasteiger partial charge is 0.259 e. The maximum Gasteiger partial charge on any atom is 0.259 e. The van der Waals surface area contributed by atoms with E-state index in [1.54, 1.807) is 0 Å². The van der Waals surface area contributed by atoms with E-state index in [-0.39, 0.29) is 5.91 Å². The van der Waals surface area contributed by atoms with Gasteiger partial charge in [0.2, 0.25) is 0 Å². The number of anilines is 1. The standard InChI is InChI=1S/C15H20N4O2/c1-11-9-12(21-17-11)5-3-4-8-19-10-18(2)14-13(15(19)20)6-7-16-14/h6-7,9,16H,3-5,8,10H2,1-2H3. The number of amides is 1. The fourth-order valence-corrected chi connectivity index (χ4v) is 2.72. The lowest BCUT2D eigenvalue weighted by molar-refractivity contribution is 0.0741. The van der Waals surface area contributed by atoms with Gasteiger partial charge in [-0.25, -0.2) is 0 Å². The zero-order valence-corrected chi connectivity index (χ0v) is 12.4. The molecule has 0 spiro atoms. The summed E-state index contributed by atoms with van der Waals surface area (Å²) in [4.78, 5) is 19.4. The molecule has 21 heavy (non-hydrogen) atoms. The fourth-order valence-electron chi connectivity index (χ4n) is 2.72. The van der Waals surface area contributed by atoms with Crippen molar-refractivity contribution in [3.8, 4) is 0 Å². The molecule has 3 rings (SSSR count). The summed E-state index contributed by atoms with van der Waals surface area (Å²) in [6.07, 6.45) is 4.63. The number of aromatic nitrogens is 2. The summed E-state index contributed by atoms with van der Waals surface area (Å²) < 4.78 is 5.19. The second-order valence-corrected chi connectivity index (χ2v) is 5.54. The molecule has 0 aliphatic carbocycles. The molecule has 0 atom stereocenters. The first-order valence-electron chi connectivity index (χ1n) is 7.25. The zero-order valence-electron chi connectivity index (χ0n) is 12.4.